The Labute approximate surface area is 267 Å². The second kappa shape index (κ2) is 10.5. The fourth-order valence-electron chi connectivity index (χ4n) is 7.53. The number of aryl methyl sites for hydroxylation is 2. The number of para-hydroxylation sites is 1. The zero-order valence-electron chi connectivity index (χ0n) is 26.5. The molecule has 0 aromatic heterocycles. The molecule has 0 bridgehead atoms. The second-order valence-corrected chi connectivity index (χ2v) is 13.3. The van der Waals surface area contributed by atoms with Crippen LogP contribution in [0.1, 0.15) is 47.2 Å². The number of nitrogens with zero attached hydrogens (tertiary/aromatic N) is 2. The highest BCUT2D eigenvalue weighted by Gasteiger charge is 2.37. The van der Waals surface area contributed by atoms with Crippen molar-refractivity contribution in [2.24, 2.45) is 0 Å². The van der Waals surface area contributed by atoms with Crippen molar-refractivity contribution in [1.29, 1.82) is 0 Å². The molecule has 0 saturated carbocycles. The van der Waals surface area contributed by atoms with E-state index in [2.05, 4.69) is 171 Å². The van der Waals surface area contributed by atoms with E-state index in [-0.39, 0.29) is 5.41 Å². The summed E-state index contributed by atoms with van der Waals surface area (Å²) in [6.45, 7) is 10.9. The van der Waals surface area contributed by atoms with E-state index < -0.39 is 0 Å². The van der Waals surface area contributed by atoms with E-state index in [4.69, 9.17) is 0 Å². The Morgan fingerprint density at radius 3 is 1.93 bits per heavy atom. The molecule has 0 fully saturated rings. The van der Waals surface area contributed by atoms with Crippen molar-refractivity contribution >= 4 is 22.7 Å². The topological polar surface area (TPSA) is 6.48 Å². The number of benzene rings is 6. The maximum absolute atomic E-state index is 2.56. The number of anilines is 4. The molecule has 8 rings (SSSR count). The minimum Gasteiger partial charge on any atom is -0.363 e. The van der Waals surface area contributed by atoms with Crippen molar-refractivity contribution in [3.63, 3.8) is 0 Å². The molecule has 1 aliphatic carbocycles. The summed E-state index contributed by atoms with van der Waals surface area (Å²) in [5.41, 5.74) is 18.2. The summed E-state index contributed by atoms with van der Waals surface area (Å²) in [4.78, 5) is 4.94. The van der Waals surface area contributed by atoms with Gasteiger partial charge in [-0.1, -0.05) is 104 Å². The third kappa shape index (κ3) is 4.64. The lowest BCUT2D eigenvalue weighted by atomic mass is 9.82. The van der Waals surface area contributed by atoms with Crippen LogP contribution in [-0.2, 0) is 18.5 Å². The molecular formula is C43H38N2. The van der Waals surface area contributed by atoms with Crippen molar-refractivity contribution in [2.45, 2.75) is 46.2 Å². The highest BCUT2D eigenvalue weighted by molar-refractivity contribution is 5.87. The van der Waals surface area contributed by atoms with E-state index in [9.17, 15) is 0 Å². The normalized spacial score (nSPS) is 14.2. The van der Waals surface area contributed by atoms with Gasteiger partial charge in [-0.3, -0.25) is 0 Å². The SMILES string of the molecule is Cc1cccc(N(c2ccccc2)c2ccc3c(c2)C(C)(C)c2cc(N4Cc5ccccc5-c5ccc(C)cc5C4)ccc2-3)c1. The summed E-state index contributed by atoms with van der Waals surface area (Å²) >= 11 is 0. The molecule has 45 heavy (non-hydrogen) atoms. The van der Waals surface area contributed by atoms with Gasteiger partial charge >= 0.3 is 0 Å². The van der Waals surface area contributed by atoms with Crippen LogP contribution in [0.4, 0.5) is 22.7 Å². The lowest BCUT2D eigenvalue weighted by Crippen LogP contribution is -2.22. The van der Waals surface area contributed by atoms with E-state index >= 15 is 0 Å². The molecule has 6 aromatic carbocycles. The molecule has 2 heteroatoms. The second-order valence-electron chi connectivity index (χ2n) is 13.3. The summed E-state index contributed by atoms with van der Waals surface area (Å²) in [5, 5.41) is 0. The zero-order chi connectivity index (χ0) is 30.7. The van der Waals surface area contributed by atoms with Crippen LogP contribution in [0.3, 0.4) is 0 Å². The standard InChI is InChI=1S/C43H38N2/c1-29-11-10-15-35(24-29)45(33-13-6-5-7-14-33)36-19-22-40-39-21-18-34(25-41(39)43(3,4)42(40)26-36)44-27-31-12-8-9-16-37(31)38-20-17-30(2)23-32(38)28-44/h5-26H,27-28H2,1-4H3. The first-order chi connectivity index (χ1) is 21.9. The molecule has 0 spiro atoms. The number of hydrogen-bond donors (Lipinski definition) is 0. The number of hydrogen-bond acceptors (Lipinski definition) is 2. The molecule has 1 aliphatic heterocycles. The van der Waals surface area contributed by atoms with Gasteiger partial charge in [0.2, 0.25) is 0 Å². The highest BCUT2D eigenvalue weighted by atomic mass is 15.1. The first kappa shape index (κ1) is 27.5. The summed E-state index contributed by atoms with van der Waals surface area (Å²) in [6.07, 6.45) is 0. The van der Waals surface area contributed by atoms with Gasteiger partial charge in [0.1, 0.15) is 0 Å². The molecule has 0 radical (unpaired) electrons. The minimum absolute atomic E-state index is 0.135. The van der Waals surface area contributed by atoms with Gasteiger partial charge in [0.05, 0.1) is 0 Å². The fraction of sp³-hybridized carbons (Fsp3) is 0.163. The van der Waals surface area contributed by atoms with Crippen LogP contribution >= 0.6 is 0 Å². The maximum atomic E-state index is 2.56. The van der Waals surface area contributed by atoms with Crippen molar-refractivity contribution in [3.8, 4) is 22.3 Å². The van der Waals surface area contributed by atoms with E-state index in [1.165, 1.54) is 72.7 Å². The summed E-state index contributed by atoms with van der Waals surface area (Å²) in [7, 11) is 0. The van der Waals surface area contributed by atoms with Crippen LogP contribution in [0.25, 0.3) is 22.3 Å². The molecule has 0 amide bonds. The third-order valence-electron chi connectivity index (χ3n) is 9.83. The molecular weight excluding hydrogens is 544 g/mol. The first-order valence-corrected chi connectivity index (χ1v) is 16.0. The van der Waals surface area contributed by atoms with Gasteiger partial charge in [0, 0.05) is 41.3 Å². The molecule has 0 N–H and O–H groups in total. The molecule has 0 atom stereocenters. The Kier molecular flexibility index (Phi) is 6.42. The average molecular weight is 583 g/mol. The lowest BCUT2D eigenvalue weighted by Gasteiger charge is -2.29. The maximum Gasteiger partial charge on any atom is 0.0465 e. The molecule has 0 unspecified atom stereocenters. The molecule has 1 heterocycles. The lowest BCUT2D eigenvalue weighted by molar-refractivity contribution is 0.659. The average Bonchev–Trinajstić information content (AvgIpc) is 3.16. The van der Waals surface area contributed by atoms with Crippen molar-refractivity contribution < 1.29 is 0 Å². The van der Waals surface area contributed by atoms with E-state index in [1.807, 2.05) is 0 Å². The van der Waals surface area contributed by atoms with Gasteiger partial charge in [0.15, 0.2) is 0 Å². The molecule has 2 aliphatic rings. The van der Waals surface area contributed by atoms with Crippen molar-refractivity contribution in [3.05, 3.63) is 167 Å². The summed E-state index contributed by atoms with van der Waals surface area (Å²) in [5.74, 6) is 0. The van der Waals surface area contributed by atoms with Crippen LogP contribution in [0.5, 0.6) is 0 Å². The van der Waals surface area contributed by atoms with Gasteiger partial charge in [-0.15, -0.1) is 0 Å². The Morgan fingerprint density at radius 1 is 0.489 bits per heavy atom. The van der Waals surface area contributed by atoms with Gasteiger partial charge < -0.3 is 9.80 Å². The van der Waals surface area contributed by atoms with E-state index in [0.717, 1.165) is 18.8 Å². The van der Waals surface area contributed by atoms with Crippen molar-refractivity contribution in [1.82, 2.24) is 0 Å². The zero-order valence-corrected chi connectivity index (χ0v) is 26.5. The van der Waals surface area contributed by atoms with Crippen molar-refractivity contribution in [2.75, 3.05) is 9.80 Å². The quantitative estimate of drug-likeness (QED) is 0.204. The number of fused-ring (bicyclic) bond motifs is 6. The monoisotopic (exact) mass is 582 g/mol. The van der Waals surface area contributed by atoms with Gasteiger partial charge in [-0.05, 0) is 112 Å². The largest absolute Gasteiger partial charge is 0.363 e. The first-order valence-electron chi connectivity index (χ1n) is 16.0. The molecule has 2 nitrogen and oxygen atoms in total. The number of rotatable bonds is 4. The third-order valence-corrected chi connectivity index (χ3v) is 9.83. The van der Waals surface area contributed by atoms with Gasteiger partial charge in [0.25, 0.3) is 0 Å². The highest BCUT2D eigenvalue weighted by Crippen LogP contribution is 2.52. The van der Waals surface area contributed by atoms with Crippen LogP contribution in [0.15, 0.2) is 133 Å². The van der Waals surface area contributed by atoms with Crippen LogP contribution < -0.4 is 9.80 Å². The van der Waals surface area contributed by atoms with E-state index in [0.29, 0.717) is 0 Å². The summed E-state index contributed by atoms with van der Waals surface area (Å²) < 4.78 is 0. The molecule has 0 saturated heterocycles. The van der Waals surface area contributed by atoms with Gasteiger partial charge in [-0.2, -0.15) is 0 Å². The Hall–Kier alpha value is -5.08. The summed E-state index contributed by atoms with van der Waals surface area (Å²) in [6, 6.07) is 49.5. The van der Waals surface area contributed by atoms with E-state index in [1.54, 1.807) is 0 Å². The Morgan fingerprint density at radius 2 is 1.11 bits per heavy atom. The Bertz CT molecular complexity index is 2070. The molecule has 6 aromatic rings. The van der Waals surface area contributed by atoms with Crippen LogP contribution in [-0.4, -0.2) is 0 Å². The predicted octanol–water partition coefficient (Wildman–Crippen LogP) is 11.3. The predicted molar refractivity (Wildman–Crippen MR) is 190 cm³/mol. The molecule has 220 valence electrons. The fourth-order valence-corrected chi connectivity index (χ4v) is 7.53. The minimum atomic E-state index is -0.135. The van der Waals surface area contributed by atoms with Crippen LogP contribution in [0, 0.1) is 13.8 Å². The smallest absolute Gasteiger partial charge is 0.0465 e. The van der Waals surface area contributed by atoms with Gasteiger partial charge in [-0.25, -0.2) is 0 Å². The Balaban J connectivity index is 1.20. The van der Waals surface area contributed by atoms with Crippen LogP contribution in [0.2, 0.25) is 0 Å².